The summed E-state index contributed by atoms with van der Waals surface area (Å²) in [6, 6.07) is 23.9. The molecule has 0 bridgehead atoms. The highest BCUT2D eigenvalue weighted by molar-refractivity contribution is 9.10. The normalized spacial score (nSPS) is 18.0. The molecule has 0 spiro atoms. The summed E-state index contributed by atoms with van der Waals surface area (Å²) in [6.07, 6.45) is 0.289. The third kappa shape index (κ3) is 2.84. The Balaban J connectivity index is 1.53. The lowest BCUT2D eigenvalue weighted by Crippen LogP contribution is -2.33. The number of benzene rings is 3. The summed E-state index contributed by atoms with van der Waals surface area (Å²) in [5.74, 6) is 0.907. The topological polar surface area (TPSA) is 15.7 Å². The fourth-order valence-electron chi connectivity index (χ4n) is 4.37. The molecule has 3 aromatic rings. The second-order valence-corrected chi connectivity index (χ2v) is 8.05. The fourth-order valence-corrected chi connectivity index (χ4v) is 4.73. The van der Waals surface area contributed by atoms with Gasteiger partial charge in [0, 0.05) is 35.4 Å². The molecule has 1 fully saturated rings. The average Bonchev–Trinajstić information content (AvgIpc) is 3.12. The standard InChI is InChI=1S/C23H21BrN2O/c1-27-18-9-6-16(7-10-18)15-25-12-13-26-22-11-8-17(24)14-21(22)19-4-2-3-5-20(19)23(25)26/h2-11,14,23H,12-13,15H2,1H3. The molecule has 0 saturated carbocycles. The van der Waals surface area contributed by atoms with Gasteiger partial charge in [0.25, 0.3) is 0 Å². The molecule has 3 nitrogen and oxygen atoms in total. The third-order valence-corrected chi connectivity index (χ3v) is 6.10. The van der Waals surface area contributed by atoms with E-state index in [4.69, 9.17) is 4.74 Å². The zero-order valence-electron chi connectivity index (χ0n) is 15.2. The minimum Gasteiger partial charge on any atom is -0.497 e. The van der Waals surface area contributed by atoms with Gasteiger partial charge in [-0.25, -0.2) is 0 Å². The number of hydrogen-bond acceptors (Lipinski definition) is 3. The monoisotopic (exact) mass is 420 g/mol. The number of anilines is 1. The number of nitrogens with zero attached hydrogens (tertiary/aromatic N) is 2. The molecule has 0 amide bonds. The Morgan fingerprint density at radius 2 is 1.78 bits per heavy atom. The molecule has 1 saturated heterocycles. The highest BCUT2D eigenvalue weighted by Gasteiger charge is 2.39. The molecule has 0 radical (unpaired) electrons. The molecular weight excluding hydrogens is 400 g/mol. The second kappa shape index (κ2) is 6.70. The van der Waals surface area contributed by atoms with Crippen molar-refractivity contribution in [2.75, 3.05) is 25.1 Å². The van der Waals surface area contributed by atoms with Crippen LogP contribution in [0.15, 0.2) is 71.2 Å². The highest BCUT2D eigenvalue weighted by atomic mass is 79.9. The van der Waals surface area contributed by atoms with Gasteiger partial charge in [-0.1, -0.05) is 52.3 Å². The number of fused-ring (bicyclic) bond motifs is 6. The minimum absolute atomic E-state index is 0.289. The van der Waals surface area contributed by atoms with Gasteiger partial charge in [-0.15, -0.1) is 0 Å². The number of hydrogen-bond donors (Lipinski definition) is 0. The molecule has 5 rings (SSSR count). The molecule has 2 aliphatic heterocycles. The molecule has 0 N–H and O–H groups in total. The van der Waals surface area contributed by atoms with Crippen LogP contribution in [0.3, 0.4) is 0 Å². The van der Waals surface area contributed by atoms with E-state index >= 15 is 0 Å². The summed E-state index contributed by atoms with van der Waals surface area (Å²) < 4.78 is 6.42. The van der Waals surface area contributed by atoms with Crippen molar-refractivity contribution in [3.8, 4) is 16.9 Å². The Hall–Kier alpha value is -2.30. The van der Waals surface area contributed by atoms with Crippen molar-refractivity contribution >= 4 is 21.6 Å². The summed E-state index contributed by atoms with van der Waals surface area (Å²) in [4.78, 5) is 5.12. The summed E-state index contributed by atoms with van der Waals surface area (Å²) in [5, 5.41) is 0. The van der Waals surface area contributed by atoms with Crippen LogP contribution in [0.1, 0.15) is 17.3 Å². The zero-order valence-corrected chi connectivity index (χ0v) is 16.8. The SMILES string of the molecule is COc1ccc(CN2CCN3c4ccc(Br)cc4-c4ccccc4C23)cc1. The number of rotatable bonds is 3. The van der Waals surface area contributed by atoms with Gasteiger partial charge in [-0.3, -0.25) is 4.90 Å². The van der Waals surface area contributed by atoms with Gasteiger partial charge in [0.1, 0.15) is 11.9 Å². The van der Waals surface area contributed by atoms with Gasteiger partial charge < -0.3 is 9.64 Å². The number of ether oxygens (including phenoxy) is 1. The average molecular weight is 421 g/mol. The number of halogens is 1. The van der Waals surface area contributed by atoms with E-state index in [0.717, 1.165) is 29.9 Å². The molecular formula is C23H21BrN2O. The van der Waals surface area contributed by atoms with Crippen LogP contribution in [0.4, 0.5) is 5.69 Å². The van der Waals surface area contributed by atoms with Crippen LogP contribution < -0.4 is 9.64 Å². The predicted octanol–water partition coefficient (Wildman–Crippen LogP) is 5.46. The van der Waals surface area contributed by atoms with Crippen molar-refractivity contribution in [1.82, 2.24) is 4.90 Å². The molecule has 1 unspecified atom stereocenters. The van der Waals surface area contributed by atoms with Gasteiger partial charge in [0.2, 0.25) is 0 Å². The molecule has 27 heavy (non-hydrogen) atoms. The first-order chi connectivity index (χ1) is 13.2. The first-order valence-electron chi connectivity index (χ1n) is 9.27. The first-order valence-corrected chi connectivity index (χ1v) is 10.1. The Labute approximate surface area is 168 Å². The van der Waals surface area contributed by atoms with Crippen LogP contribution in [0.5, 0.6) is 5.75 Å². The largest absolute Gasteiger partial charge is 0.497 e. The molecule has 2 heterocycles. The van der Waals surface area contributed by atoms with Crippen molar-refractivity contribution < 1.29 is 4.74 Å². The predicted molar refractivity (Wildman–Crippen MR) is 113 cm³/mol. The molecule has 4 heteroatoms. The van der Waals surface area contributed by atoms with E-state index in [0.29, 0.717) is 0 Å². The van der Waals surface area contributed by atoms with Crippen molar-refractivity contribution in [2.45, 2.75) is 12.7 Å². The van der Waals surface area contributed by atoms with E-state index in [1.54, 1.807) is 7.11 Å². The van der Waals surface area contributed by atoms with Gasteiger partial charge in [0.15, 0.2) is 0 Å². The highest BCUT2D eigenvalue weighted by Crippen LogP contribution is 2.48. The minimum atomic E-state index is 0.289. The zero-order chi connectivity index (χ0) is 18.4. The summed E-state index contributed by atoms with van der Waals surface area (Å²) in [5.41, 5.74) is 6.71. The fraction of sp³-hybridized carbons (Fsp3) is 0.217. The lowest BCUT2D eigenvalue weighted by Gasteiger charge is -2.38. The van der Waals surface area contributed by atoms with E-state index in [-0.39, 0.29) is 6.17 Å². The Morgan fingerprint density at radius 3 is 2.59 bits per heavy atom. The molecule has 2 aliphatic rings. The maximum Gasteiger partial charge on any atom is 0.118 e. The second-order valence-electron chi connectivity index (χ2n) is 7.13. The Morgan fingerprint density at radius 1 is 0.963 bits per heavy atom. The van der Waals surface area contributed by atoms with E-state index in [9.17, 15) is 0 Å². The lowest BCUT2D eigenvalue weighted by atomic mass is 9.91. The van der Waals surface area contributed by atoms with E-state index in [1.165, 1.54) is 27.9 Å². The molecule has 1 atom stereocenters. The summed E-state index contributed by atoms with van der Waals surface area (Å²) in [6.45, 7) is 3.04. The summed E-state index contributed by atoms with van der Waals surface area (Å²) >= 11 is 3.64. The third-order valence-electron chi connectivity index (χ3n) is 5.61. The van der Waals surface area contributed by atoms with Crippen LogP contribution >= 0.6 is 15.9 Å². The molecule has 3 aromatic carbocycles. The Kier molecular flexibility index (Phi) is 4.18. The van der Waals surface area contributed by atoms with Crippen LogP contribution in [0, 0.1) is 0 Å². The molecule has 0 aliphatic carbocycles. The van der Waals surface area contributed by atoms with E-state index in [1.807, 2.05) is 12.1 Å². The van der Waals surface area contributed by atoms with Crippen molar-refractivity contribution in [3.63, 3.8) is 0 Å². The Bertz CT molecular complexity index is 986. The van der Waals surface area contributed by atoms with Crippen LogP contribution in [-0.4, -0.2) is 25.1 Å². The maximum atomic E-state index is 5.29. The lowest BCUT2D eigenvalue weighted by molar-refractivity contribution is 0.249. The van der Waals surface area contributed by atoms with Gasteiger partial charge >= 0.3 is 0 Å². The van der Waals surface area contributed by atoms with Crippen LogP contribution in [0.25, 0.3) is 11.1 Å². The van der Waals surface area contributed by atoms with E-state index < -0.39 is 0 Å². The van der Waals surface area contributed by atoms with Crippen molar-refractivity contribution in [3.05, 3.63) is 82.3 Å². The molecule has 136 valence electrons. The number of methoxy groups -OCH3 is 1. The van der Waals surface area contributed by atoms with Crippen molar-refractivity contribution in [1.29, 1.82) is 0 Å². The van der Waals surface area contributed by atoms with Gasteiger partial charge in [-0.2, -0.15) is 0 Å². The van der Waals surface area contributed by atoms with Crippen LogP contribution in [0.2, 0.25) is 0 Å². The van der Waals surface area contributed by atoms with Crippen LogP contribution in [-0.2, 0) is 6.54 Å². The first kappa shape index (κ1) is 16.8. The van der Waals surface area contributed by atoms with E-state index in [2.05, 4.69) is 80.3 Å². The molecule has 0 aromatic heterocycles. The smallest absolute Gasteiger partial charge is 0.118 e. The van der Waals surface area contributed by atoms with Gasteiger partial charge in [-0.05, 0) is 47.0 Å². The quantitative estimate of drug-likeness (QED) is 0.559. The van der Waals surface area contributed by atoms with Crippen molar-refractivity contribution in [2.24, 2.45) is 0 Å². The van der Waals surface area contributed by atoms with Gasteiger partial charge in [0.05, 0.1) is 7.11 Å². The summed E-state index contributed by atoms with van der Waals surface area (Å²) in [7, 11) is 1.71. The maximum absolute atomic E-state index is 5.29.